The lowest BCUT2D eigenvalue weighted by Gasteiger charge is -2.51. The van der Waals surface area contributed by atoms with Gasteiger partial charge in [-0.05, 0) is 0 Å². The predicted molar refractivity (Wildman–Crippen MR) is 58.4 cm³/mol. The van der Waals surface area contributed by atoms with Crippen molar-refractivity contribution in [1.29, 1.82) is 0 Å². The van der Waals surface area contributed by atoms with E-state index in [9.17, 15) is 96.6 Å². The first-order valence-corrected chi connectivity index (χ1v) is 7.16. The normalized spacial score (nSPS) is 23.8. The second-order valence-corrected chi connectivity index (χ2v) is 6.38. The molecule has 0 unspecified atom stereocenters. The van der Waals surface area contributed by atoms with Gasteiger partial charge in [0.1, 0.15) is 0 Å². The average molecular weight is 562 g/mol. The number of hydrogen-bond acceptors (Lipinski definition) is 0. The van der Waals surface area contributed by atoms with E-state index in [0.29, 0.717) is 0 Å². The molecule has 0 saturated heterocycles. The lowest BCUT2D eigenvalue weighted by Crippen LogP contribution is -2.76. The standard InChI is InChI=1S/C12F22/c13-2-1(4(14,15)7(20,21)8(22,23)5(2,16)17)3(10(26,27)28,11(29,30)31)6(18,19)9(24,25)12(32,33)34. The van der Waals surface area contributed by atoms with Crippen LogP contribution in [-0.2, 0) is 0 Å². The molecule has 0 aromatic heterocycles. The van der Waals surface area contributed by atoms with Gasteiger partial charge in [0, 0.05) is 0 Å². The van der Waals surface area contributed by atoms with Crippen molar-refractivity contribution in [2.45, 2.75) is 54.1 Å². The third kappa shape index (κ3) is 3.03. The van der Waals surface area contributed by atoms with Crippen LogP contribution >= 0.6 is 0 Å². The molecule has 0 spiro atoms. The molecular formula is C12F22. The van der Waals surface area contributed by atoms with Crippen molar-refractivity contribution < 1.29 is 96.6 Å². The minimum Gasteiger partial charge on any atom is -0.205 e. The fourth-order valence-corrected chi connectivity index (χ4v) is 2.75. The molecule has 1 aliphatic carbocycles. The molecule has 0 nitrogen and oxygen atoms in total. The summed E-state index contributed by atoms with van der Waals surface area (Å²) in [4.78, 5) is 0. The van der Waals surface area contributed by atoms with Crippen molar-refractivity contribution in [1.82, 2.24) is 0 Å². The van der Waals surface area contributed by atoms with E-state index in [4.69, 9.17) is 0 Å². The van der Waals surface area contributed by atoms with Crippen molar-refractivity contribution in [3.8, 4) is 0 Å². The number of hydrogen-bond donors (Lipinski definition) is 0. The zero-order valence-electron chi connectivity index (χ0n) is 14.3. The summed E-state index contributed by atoms with van der Waals surface area (Å²) < 4.78 is 290. The van der Waals surface area contributed by atoms with Crippen LogP contribution in [0.25, 0.3) is 0 Å². The SMILES string of the molecule is FC1=C(C(C(F)(F)F)(C(F)(F)F)C(F)(F)C(F)(F)C(F)(F)F)C(F)(F)C(F)(F)C(F)(F)C1(F)F. The Hall–Kier alpha value is -1.80. The Morgan fingerprint density at radius 3 is 0.971 bits per heavy atom. The number of rotatable bonds is 3. The maximum absolute atomic E-state index is 13.9. The van der Waals surface area contributed by atoms with E-state index in [1.54, 1.807) is 0 Å². The van der Waals surface area contributed by atoms with Gasteiger partial charge in [0.05, 0.1) is 5.57 Å². The molecular weight excluding hydrogens is 562 g/mol. The molecule has 1 aliphatic rings. The first kappa shape index (κ1) is 30.2. The Bertz CT molecular complexity index is 829. The molecule has 0 aromatic carbocycles. The van der Waals surface area contributed by atoms with E-state index in [1.165, 1.54) is 0 Å². The molecule has 0 aliphatic heterocycles. The topological polar surface area (TPSA) is 0 Å². The van der Waals surface area contributed by atoms with Crippen LogP contribution in [0.3, 0.4) is 0 Å². The predicted octanol–water partition coefficient (Wildman–Crippen LogP) is 7.71. The molecule has 1 rings (SSSR count). The van der Waals surface area contributed by atoms with Crippen molar-refractivity contribution >= 4 is 0 Å². The molecule has 0 bridgehead atoms. The van der Waals surface area contributed by atoms with Crippen LogP contribution in [0.15, 0.2) is 11.4 Å². The van der Waals surface area contributed by atoms with Crippen LogP contribution in [0.4, 0.5) is 96.6 Å². The second-order valence-electron chi connectivity index (χ2n) is 6.38. The van der Waals surface area contributed by atoms with Crippen LogP contribution in [-0.4, -0.2) is 54.1 Å². The highest BCUT2D eigenvalue weighted by molar-refractivity contribution is 5.44. The maximum atomic E-state index is 13.9. The van der Waals surface area contributed by atoms with Crippen LogP contribution < -0.4 is 0 Å². The summed E-state index contributed by atoms with van der Waals surface area (Å²) in [5.41, 5.74) is -15.5. The van der Waals surface area contributed by atoms with Gasteiger partial charge in [0.15, 0.2) is 5.83 Å². The first-order chi connectivity index (χ1) is 14.3. The molecule has 0 saturated carbocycles. The molecule has 22 heteroatoms. The summed E-state index contributed by atoms with van der Waals surface area (Å²) in [6.45, 7) is 0. The van der Waals surface area contributed by atoms with Gasteiger partial charge in [0.25, 0.3) is 5.41 Å². The number of halogens is 22. The summed E-state index contributed by atoms with van der Waals surface area (Å²) in [5, 5.41) is 0. The molecule has 0 aromatic rings. The van der Waals surface area contributed by atoms with E-state index in [1.807, 2.05) is 0 Å². The molecule has 0 fully saturated rings. The quantitative estimate of drug-likeness (QED) is 0.310. The van der Waals surface area contributed by atoms with Crippen molar-refractivity contribution in [2.24, 2.45) is 5.41 Å². The highest BCUT2D eigenvalue weighted by Crippen LogP contribution is 2.75. The molecule has 202 valence electrons. The fourth-order valence-electron chi connectivity index (χ4n) is 2.75. The highest BCUT2D eigenvalue weighted by atomic mass is 19.4. The monoisotopic (exact) mass is 562 g/mol. The molecule has 0 heterocycles. The Morgan fingerprint density at radius 2 is 0.706 bits per heavy atom. The molecule has 34 heavy (non-hydrogen) atoms. The lowest BCUT2D eigenvalue weighted by atomic mass is 9.64. The Balaban J connectivity index is 4.68. The first-order valence-electron chi connectivity index (χ1n) is 7.16. The van der Waals surface area contributed by atoms with Crippen LogP contribution in [0.5, 0.6) is 0 Å². The van der Waals surface area contributed by atoms with E-state index >= 15 is 0 Å². The minimum absolute atomic E-state index is 5.80. The second kappa shape index (κ2) is 6.90. The third-order valence-corrected chi connectivity index (χ3v) is 4.44. The summed E-state index contributed by atoms with van der Waals surface area (Å²) in [5.74, 6) is -57.0. The van der Waals surface area contributed by atoms with Crippen molar-refractivity contribution in [3.05, 3.63) is 11.4 Å². The smallest absolute Gasteiger partial charge is 0.205 e. The molecule has 0 radical (unpaired) electrons. The highest BCUT2D eigenvalue weighted by Gasteiger charge is 2.99. The van der Waals surface area contributed by atoms with Crippen LogP contribution in [0.1, 0.15) is 0 Å². The van der Waals surface area contributed by atoms with E-state index in [-0.39, 0.29) is 0 Å². The van der Waals surface area contributed by atoms with E-state index in [0.717, 1.165) is 0 Å². The summed E-state index contributed by atoms with van der Waals surface area (Å²) in [6, 6.07) is 0. The largest absolute Gasteiger partial charge is 0.459 e. The van der Waals surface area contributed by atoms with Gasteiger partial charge in [-0.25, -0.2) is 4.39 Å². The Morgan fingerprint density at radius 1 is 0.412 bits per heavy atom. The number of allylic oxidation sites excluding steroid dienone is 2. The lowest BCUT2D eigenvalue weighted by molar-refractivity contribution is -0.460. The van der Waals surface area contributed by atoms with E-state index in [2.05, 4.69) is 0 Å². The number of alkyl halides is 21. The average Bonchev–Trinajstić information content (AvgIpc) is 2.53. The van der Waals surface area contributed by atoms with Gasteiger partial charge in [-0.3, -0.25) is 0 Å². The summed E-state index contributed by atoms with van der Waals surface area (Å²) in [6.07, 6.45) is -26.2. The van der Waals surface area contributed by atoms with Crippen LogP contribution in [0, 0.1) is 5.41 Å². The summed E-state index contributed by atoms with van der Waals surface area (Å²) in [7, 11) is 0. The zero-order chi connectivity index (χ0) is 28.2. The van der Waals surface area contributed by atoms with Gasteiger partial charge in [-0.1, -0.05) is 0 Å². The van der Waals surface area contributed by atoms with Crippen molar-refractivity contribution in [2.75, 3.05) is 0 Å². The fraction of sp³-hybridized carbons (Fsp3) is 0.833. The molecule has 0 amide bonds. The van der Waals surface area contributed by atoms with Gasteiger partial charge in [-0.15, -0.1) is 0 Å². The minimum atomic E-state index is -9.33. The van der Waals surface area contributed by atoms with Gasteiger partial charge < -0.3 is 0 Å². The van der Waals surface area contributed by atoms with Gasteiger partial charge in [0.2, 0.25) is 0 Å². The Kier molecular flexibility index (Phi) is 6.14. The summed E-state index contributed by atoms with van der Waals surface area (Å²) >= 11 is 0. The molecule has 0 N–H and O–H groups in total. The van der Waals surface area contributed by atoms with Crippen molar-refractivity contribution in [3.63, 3.8) is 0 Å². The zero-order valence-corrected chi connectivity index (χ0v) is 14.3. The third-order valence-electron chi connectivity index (χ3n) is 4.44. The Labute approximate surface area is 169 Å². The molecule has 0 atom stereocenters. The van der Waals surface area contributed by atoms with Crippen LogP contribution in [0.2, 0.25) is 0 Å². The van der Waals surface area contributed by atoms with Gasteiger partial charge >= 0.3 is 54.1 Å². The van der Waals surface area contributed by atoms with E-state index < -0.39 is 70.9 Å². The maximum Gasteiger partial charge on any atom is 0.459 e. The van der Waals surface area contributed by atoms with Gasteiger partial charge in [-0.2, -0.15) is 92.2 Å².